The molecule has 1 aliphatic heterocycles. The molecule has 2 aliphatic rings. The number of nitrogens with one attached hydrogen (secondary N) is 3. The predicted molar refractivity (Wildman–Crippen MR) is 231 cm³/mol. The number of rotatable bonds is 14. The molecule has 57 heavy (non-hydrogen) atoms. The van der Waals surface area contributed by atoms with Gasteiger partial charge in [-0.3, -0.25) is 14.0 Å². The monoisotopic (exact) mass is 817 g/mol. The van der Waals surface area contributed by atoms with Gasteiger partial charge in [-0.25, -0.2) is 13.2 Å². The van der Waals surface area contributed by atoms with E-state index in [9.17, 15) is 13.2 Å². The van der Waals surface area contributed by atoms with Gasteiger partial charge >= 0.3 is 6.03 Å². The standard InChI is InChI=1S/C43H63N7O5SSi/c1-28(2)57(29(3)4,30(5)6)54-23-22-49-21-13-16-38(49)41-47-46-40-20-17-34(27-50(40)41)55-39-19-18-37(35-14-11-12-15-36(35)39)45-42(51)44-32-24-31(43(7,8)9)25-33(26-32)48-56(10,52)53/h11-12,14-15,17,20,24-30,37-39,48H,13,16,18-19,21-23H2,1-10H3,(H2,44,45,51)/t37-,38?,39+/m0/s1. The number of nitrogens with zero attached hydrogens (tertiary/aromatic N) is 4. The van der Waals surface area contributed by atoms with Crippen molar-refractivity contribution in [1.29, 1.82) is 0 Å². The van der Waals surface area contributed by atoms with E-state index in [1.807, 2.05) is 63.4 Å². The van der Waals surface area contributed by atoms with Gasteiger partial charge < -0.3 is 19.8 Å². The maximum Gasteiger partial charge on any atom is 0.319 e. The number of likely N-dealkylation sites (tertiary alicyclic amines) is 1. The number of benzene rings is 2. The predicted octanol–water partition coefficient (Wildman–Crippen LogP) is 9.50. The third kappa shape index (κ3) is 9.67. The van der Waals surface area contributed by atoms with Crippen molar-refractivity contribution < 1.29 is 22.4 Å². The highest BCUT2D eigenvalue weighted by Gasteiger charge is 2.45. The van der Waals surface area contributed by atoms with E-state index < -0.39 is 18.3 Å². The van der Waals surface area contributed by atoms with Gasteiger partial charge in [0.05, 0.1) is 30.2 Å². The summed E-state index contributed by atoms with van der Waals surface area (Å²) in [6, 6.07) is 16.9. The summed E-state index contributed by atoms with van der Waals surface area (Å²) in [6.07, 6.45) is 6.41. The van der Waals surface area contributed by atoms with Crippen LogP contribution in [0.15, 0.2) is 60.8 Å². The van der Waals surface area contributed by atoms with Crippen LogP contribution >= 0.6 is 0 Å². The molecule has 12 nitrogen and oxygen atoms in total. The van der Waals surface area contributed by atoms with Gasteiger partial charge in [-0.15, -0.1) is 10.2 Å². The SMILES string of the molecule is CC(C)[Si](OCCN1CCCC1c1nnc2ccc(O[C@@H]3CC[C@H](NC(=O)Nc4cc(NS(C)(=O)=O)cc(C(C)(C)C)c4)c4ccccc43)cn12)(C(C)C)C(C)C. The molecule has 2 aromatic heterocycles. The zero-order chi connectivity index (χ0) is 41.3. The number of carbonyl (C=O) groups is 1. The number of fused-ring (bicyclic) bond motifs is 2. The fourth-order valence-corrected chi connectivity index (χ4v) is 15.3. The number of anilines is 2. The van der Waals surface area contributed by atoms with Crippen LogP contribution in [-0.2, 0) is 19.9 Å². The molecule has 2 aromatic carbocycles. The summed E-state index contributed by atoms with van der Waals surface area (Å²) in [5, 5.41) is 15.4. The van der Waals surface area contributed by atoms with Gasteiger partial charge in [0, 0.05) is 18.8 Å². The number of pyridine rings is 1. The average molecular weight is 818 g/mol. The van der Waals surface area contributed by atoms with E-state index in [0.29, 0.717) is 40.8 Å². The van der Waals surface area contributed by atoms with Crippen molar-refractivity contribution in [2.75, 3.05) is 36.0 Å². The van der Waals surface area contributed by atoms with Crippen LogP contribution in [-0.4, -0.2) is 68.2 Å². The summed E-state index contributed by atoms with van der Waals surface area (Å²) in [7, 11) is -5.45. The first kappa shape index (κ1) is 42.6. The third-order valence-corrected chi connectivity index (χ3v) is 18.6. The van der Waals surface area contributed by atoms with Crippen LogP contribution in [0.25, 0.3) is 5.65 Å². The van der Waals surface area contributed by atoms with Crippen molar-refractivity contribution in [2.45, 2.75) is 128 Å². The van der Waals surface area contributed by atoms with Crippen LogP contribution in [0.2, 0.25) is 16.6 Å². The molecule has 2 amide bonds. The summed E-state index contributed by atoms with van der Waals surface area (Å²) >= 11 is 0. The number of sulfonamides is 1. The Balaban J connectivity index is 1.14. The minimum atomic E-state index is -3.50. The highest BCUT2D eigenvalue weighted by molar-refractivity contribution is 7.92. The number of hydrogen-bond acceptors (Lipinski definition) is 8. The van der Waals surface area contributed by atoms with Gasteiger partial charge in [-0.1, -0.05) is 86.6 Å². The Hall–Kier alpha value is -3.98. The minimum Gasteiger partial charge on any atom is -0.484 e. The quantitative estimate of drug-likeness (QED) is 0.107. The van der Waals surface area contributed by atoms with Gasteiger partial charge in [-0.2, -0.15) is 0 Å². The zero-order valence-corrected chi connectivity index (χ0v) is 37.2. The molecule has 3 N–H and O–H groups in total. The van der Waals surface area contributed by atoms with Crippen LogP contribution in [0.5, 0.6) is 5.75 Å². The fourth-order valence-electron chi connectivity index (χ4n) is 9.33. The number of carbonyl (C=O) groups excluding carboxylic acids is 1. The molecule has 1 unspecified atom stereocenters. The van der Waals surface area contributed by atoms with Crippen LogP contribution in [0.4, 0.5) is 16.2 Å². The highest BCUT2D eigenvalue weighted by Crippen LogP contribution is 2.43. The summed E-state index contributed by atoms with van der Waals surface area (Å²) in [6.45, 7) is 22.7. The van der Waals surface area contributed by atoms with Crippen molar-refractivity contribution in [3.63, 3.8) is 0 Å². The molecule has 6 rings (SSSR count). The van der Waals surface area contributed by atoms with Crippen LogP contribution < -0.4 is 20.1 Å². The van der Waals surface area contributed by atoms with E-state index in [-0.39, 0.29) is 29.6 Å². The average Bonchev–Trinajstić information content (AvgIpc) is 3.76. The van der Waals surface area contributed by atoms with E-state index in [1.165, 1.54) is 0 Å². The normalized spacial score (nSPS) is 19.4. The van der Waals surface area contributed by atoms with E-state index >= 15 is 0 Å². The molecule has 4 aromatic rings. The molecule has 0 bridgehead atoms. The highest BCUT2D eigenvalue weighted by atomic mass is 32.2. The number of ether oxygens (including phenoxy) is 1. The largest absolute Gasteiger partial charge is 0.484 e. The topological polar surface area (TPSA) is 139 Å². The van der Waals surface area contributed by atoms with Crippen molar-refractivity contribution in [3.8, 4) is 5.75 Å². The first-order valence-corrected chi connectivity index (χ1v) is 24.6. The molecule has 310 valence electrons. The Kier molecular flexibility index (Phi) is 12.8. The lowest BCUT2D eigenvalue weighted by atomic mass is 9.85. The van der Waals surface area contributed by atoms with E-state index in [1.54, 1.807) is 12.1 Å². The Morgan fingerprint density at radius 3 is 2.26 bits per heavy atom. The molecule has 1 aliphatic carbocycles. The van der Waals surface area contributed by atoms with E-state index in [0.717, 1.165) is 72.7 Å². The first-order chi connectivity index (χ1) is 26.9. The molecule has 1 fully saturated rings. The molecular weight excluding hydrogens is 755 g/mol. The number of aromatic nitrogens is 3. The lowest BCUT2D eigenvalue weighted by molar-refractivity contribution is 0.171. The Bertz CT molecular complexity index is 2130. The lowest BCUT2D eigenvalue weighted by Gasteiger charge is -2.42. The maximum absolute atomic E-state index is 13.5. The summed E-state index contributed by atoms with van der Waals surface area (Å²) in [5.74, 6) is 1.67. The molecule has 0 spiro atoms. The third-order valence-electron chi connectivity index (χ3n) is 11.9. The molecule has 0 saturated carbocycles. The first-order valence-electron chi connectivity index (χ1n) is 20.5. The van der Waals surface area contributed by atoms with Crippen molar-refractivity contribution >= 4 is 41.4 Å². The van der Waals surface area contributed by atoms with Crippen molar-refractivity contribution in [2.24, 2.45) is 0 Å². The second kappa shape index (κ2) is 17.1. The van der Waals surface area contributed by atoms with Gasteiger partial charge in [0.1, 0.15) is 11.9 Å². The van der Waals surface area contributed by atoms with E-state index in [2.05, 4.69) is 77.4 Å². The van der Waals surface area contributed by atoms with Gasteiger partial charge in [0.15, 0.2) is 19.8 Å². The maximum atomic E-state index is 13.5. The minimum absolute atomic E-state index is 0.152. The molecule has 0 radical (unpaired) electrons. The molecule has 3 atom stereocenters. The number of hydrogen-bond donors (Lipinski definition) is 3. The Morgan fingerprint density at radius 1 is 0.912 bits per heavy atom. The van der Waals surface area contributed by atoms with Crippen molar-refractivity contribution in [1.82, 2.24) is 24.8 Å². The second-order valence-corrected chi connectivity index (χ2v) is 25.1. The summed E-state index contributed by atoms with van der Waals surface area (Å²) in [4.78, 5) is 16.0. The molecule has 14 heteroatoms. The smallest absolute Gasteiger partial charge is 0.319 e. The summed E-state index contributed by atoms with van der Waals surface area (Å²) in [5.41, 5.74) is 5.98. The second-order valence-electron chi connectivity index (χ2n) is 17.9. The van der Waals surface area contributed by atoms with Gasteiger partial charge in [0.2, 0.25) is 10.0 Å². The van der Waals surface area contributed by atoms with Gasteiger partial charge in [-0.05, 0) is 101 Å². The zero-order valence-electron chi connectivity index (χ0n) is 35.4. The molecule has 1 saturated heterocycles. The lowest BCUT2D eigenvalue weighted by Crippen LogP contribution is -2.49. The van der Waals surface area contributed by atoms with Crippen LogP contribution in [0, 0.1) is 0 Å². The number of amides is 2. The Morgan fingerprint density at radius 2 is 1.60 bits per heavy atom. The summed E-state index contributed by atoms with van der Waals surface area (Å²) < 4.78 is 42.3. The van der Waals surface area contributed by atoms with Gasteiger partial charge in [0.25, 0.3) is 0 Å². The number of urea groups is 1. The van der Waals surface area contributed by atoms with E-state index in [4.69, 9.17) is 14.3 Å². The van der Waals surface area contributed by atoms with Crippen LogP contribution in [0.1, 0.15) is 129 Å². The van der Waals surface area contributed by atoms with Crippen LogP contribution in [0.3, 0.4) is 0 Å². The molecule has 3 heterocycles. The fraction of sp³-hybridized carbons (Fsp3) is 0.558. The molecular formula is C43H63N7O5SSi. The van der Waals surface area contributed by atoms with Crippen molar-refractivity contribution in [3.05, 3.63) is 83.3 Å². The Labute approximate surface area is 340 Å².